The molecule has 4 aromatic rings. The molecule has 0 saturated heterocycles. The van der Waals surface area contributed by atoms with Gasteiger partial charge in [-0.25, -0.2) is 0 Å². The number of benzene rings is 4. The van der Waals surface area contributed by atoms with Crippen LogP contribution in [-0.2, 0) is 25.6 Å². The maximum Gasteiger partial charge on any atom is 0.0681 e. The van der Waals surface area contributed by atoms with E-state index in [1.807, 2.05) is 74.5 Å². The Morgan fingerprint density at radius 3 is 1.29 bits per heavy atom. The number of rotatable bonds is 5. The molecular weight excluding hydrogens is 492 g/mol. The van der Waals surface area contributed by atoms with E-state index in [0.717, 1.165) is 11.1 Å². The molecule has 4 rings (SSSR count). The van der Waals surface area contributed by atoms with E-state index >= 15 is 0 Å². The molecule has 0 bridgehead atoms. The Morgan fingerprint density at radius 2 is 0.974 bits per heavy atom. The third kappa shape index (κ3) is 14.8. The van der Waals surface area contributed by atoms with Gasteiger partial charge in [-0.05, 0) is 55.5 Å². The number of nitrogens with zero attached hydrogens (tertiary/aromatic N) is 3. The van der Waals surface area contributed by atoms with E-state index in [1.54, 1.807) is 0 Å². The van der Waals surface area contributed by atoms with Crippen molar-refractivity contribution in [2.45, 2.75) is 53.3 Å². The molecule has 38 heavy (non-hydrogen) atoms. The van der Waals surface area contributed by atoms with Crippen molar-refractivity contribution in [2.24, 2.45) is 10.8 Å². The third-order valence-electron chi connectivity index (χ3n) is 5.37. The molecule has 6 heteroatoms. The number of aliphatic hydroxyl groups excluding tert-OH is 1. The molecule has 200 valence electrons. The minimum absolute atomic E-state index is 0.139. The highest BCUT2D eigenvalue weighted by molar-refractivity contribution is 6.17. The van der Waals surface area contributed by atoms with Crippen molar-refractivity contribution in [3.63, 3.8) is 0 Å². The van der Waals surface area contributed by atoms with Gasteiger partial charge in [0.1, 0.15) is 0 Å². The summed E-state index contributed by atoms with van der Waals surface area (Å²) in [7, 11) is 0. The van der Waals surface area contributed by atoms with Gasteiger partial charge in [0.2, 0.25) is 0 Å². The summed E-state index contributed by atoms with van der Waals surface area (Å²) in [6.07, 6.45) is 0. The first-order chi connectivity index (χ1) is 18.3. The molecule has 0 unspecified atom stereocenters. The molecule has 4 aromatic carbocycles. The number of alkyl halides is 1. The van der Waals surface area contributed by atoms with Crippen molar-refractivity contribution in [1.29, 1.82) is 0 Å². The van der Waals surface area contributed by atoms with Crippen LogP contribution in [0.25, 0.3) is 10.4 Å². The van der Waals surface area contributed by atoms with Crippen LogP contribution < -0.4 is 5.73 Å². The maximum atomic E-state index is 8.63. The highest BCUT2D eigenvalue weighted by Crippen LogP contribution is 2.05. The lowest BCUT2D eigenvalue weighted by atomic mass is 10.2. The lowest BCUT2D eigenvalue weighted by Crippen LogP contribution is -1.94. The second-order valence-corrected chi connectivity index (χ2v) is 9.09. The van der Waals surface area contributed by atoms with Gasteiger partial charge < -0.3 is 10.8 Å². The van der Waals surface area contributed by atoms with Gasteiger partial charge in [-0.2, -0.15) is 0 Å². The van der Waals surface area contributed by atoms with Crippen molar-refractivity contribution < 1.29 is 5.11 Å². The largest absolute Gasteiger partial charge is 0.392 e. The Hall–Kier alpha value is -3.60. The van der Waals surface area contributed by atoms with Crippen LogP contribution in [0.2, 0.25) is 0 Å². The second-order valence-electron chi connectivity index (χ2n) is 8.83. The van der Waals surface area contributed by atoms with E-state index in [1.165, 1.54) is 33.4 Å². The van der Waals surface area contributed by atoms with Crippen LogP contribution in [0.4, 0.5) is 0 Å². The highest BCUT2D eigenvalue weighted by atomic mass is 35.5. The molecule has 0 atom stereocenters. The summed E-state index contributed by atoms with van der Waals surface area (Å²) >= 11 is 5.58. The summed E-state index contributed by atoms with van der Waals surface area (Å²) in [5.74, 6) is 0.611. The number of hydrogen-bond donors (Lipinski definition) is 2. The van der Waals surface area contributed by atoms with Crippen molar-refractivity contribution in [2.75, 3.05) is 0 Å². The fraction of sp³-hybridized carbons (Fsp3) is 0.250. The fourth-order valence-electron chi connectivity index (χ4n) is 2.90. The lowest BCUT2D eigenvalue weighted by Gasteiger charge is -1.94. The summed E-state index contributed by atoms with van der Waals surface area (Å²) < 4.78 is 0. The molecule has 0 amide bonds. The minimum atomic E-state index is 0.139. The zero-order valence-corrected chi connectivity index (χ0v) is 23.6. The van der Waals surface area contributed by atoms with Crippen molar-refractivity contribution in [3.05, 3.63) is 152 Å². The fourth-order valence-corrected chi connectivity index (χ4v) is 3.08. The number of nitrogens with two attached hydrogens (primary N) is 1. The van der Waals surface area contributed by atoms with E-state index in [2.05, 4.69) is 60.3 Å². The topological polar surface area (TPSA) is 95.0 Å². The lowest BCUT2D eigenvalue weighted by molar-refractivity contribution is 0.282. The third-order valence-corrected chi connectivity index (χ3v) is 5.68. The Bertz CT molecular complexity index is 1090. The van der Waals surface area contributed by atoms with Crippen LogP contribution in [0.15, 0.2) is 102 Å². The summed E-state index contributed by atoms with van der Waals surface area (Å²) in [6, 6.07) is 32.2. The van der Waals surface area contributed by atoms with E-state index < -0.39 is 0 Å². The van der Waals surface area contributed by atoms with E-state index in [-0.39, 0.29) is 6.61 Å². The van der Waals surface area contributed by atoms with Crippen LogP contribution in [0, 0.1) is 27.7 Å². The molecule has 0 spiro atoms. The molecule has 5 nitrogen and oxygen atoms in total. The SMILES string of the molecule is Cc1ccc(CCl)cc1.Cc1ccc(CN)cc1.Cc1ccc(CN=[N+]=[N-])cc1.Cc1ccc(CO)cc1. The quantitative estimate of drug-likeness (QED) is 0.117. The molecule has 0 heterocycles. The summed E-state index contributed by atoms with van der Waals surface area (Å²) in [6.45, 7) is 9.41. The number of aliphatic hydroxyl groups is 1. The smallest absolute Gasteiger partial charge is 0.0681 e. The average Bonchev–Trinajstić information content (AvgIpc) is 2.95. The Balaban J connectivity index is 0.000000254. The predicted molar refractivity (Wildman–Crippen MR) is 161 cm³/mol. The standard InChI is InChI=1S/C8H9Cl.C8H9N3.C8H11N.C8H10O/c1-7-2-4-8(6-9)5-3-7;1-7-2-4-8(5-3-7)6-10-11-9;2*1-7-2-4-8(6-9)5-3-7/h2-5H,6H2,1H3;2-5H,6H2,1H3;2-5H,6,9H2,1H3;2-5,9H,6H2,1H3. The average molecular weight is 531 g/mol. The number of hydrogen-bond acceptors (Lipinski definition) is 3. The summed E-state index contributed by atoms with van der Waals surface area (Å²) in [5, 5.41) is 12.1. The van der Waals surface area contributed by atoms with Gasteiger partial charge in [0.05, 0.1) is 13.2 Å². The molecule has 0 aliphatic heterocycles. The van der Waals surface area contributed by atoms with Gasteiger partial charge in [0.25, 0.3) is 0 Å². The maximum absolute atomic E-state index is 8.63. The minimum Gasteiger partial charge on any atom is -0.392 e. The van der Waals surface area contributed by atoms with E-state index in [0.29, 0.717) is 19.0 Å². The number of halogens is 1. The van der Waals surface area contributed by atoms with Gasteiger partial charge in [-0.3, -0.25) is 0 Å². The van der Waals surface area contributed by atoms with Gasteiger partial charge in [-0.15, -0.1) is 11.6 Å². The molecule has 3 N–H and O–H groups in total. The van der Waals surface area contributed by atoms with Gasteiger partial charge >= 0.3 is 0 Å². The first kappa shape index (κ1) is 32.4. The Morgan fingerprint density at radius 1 is 0.632 bits per heavy atom. The highest BCUT2D eigenvalue weighted by Gasteiger charge is 1.89. The zero-order chi connectivity index (χ0) is 28.2. The predicted octanol–water partition coefficient (Wildman–Crippen LogP) is 8.48. The van der Waals surface area contributed by atoms with Crippen molar-refractivity contribution in [1.82, 2.24) is 0 Å². The molecule has 0 aliphatic carbocycles. The summed E-state index contributed by atoms with van der Waals surface area (Å²) in [5.41, 5.74) is 22.9. The van der Waals surface area contributed by atoms with Crippen LogP contribution in [0.5, 0.6) is 0 Å². The van der Waals surface area contributed by atoms with Crippen LogP contribution in [-0.4, -0.2) is 5.11 Å². The second kappa shape index (κ2) is 19.5. The molecule has 0 aromatic heterocycles. The Kier molecular flexibility index (Phi) is 16.6. The van der Waals surface area contributed by atoms with Crippen molar-refractivity contribution in [3.8, 4) is 0 Å². The molecule has 0 radical (unpaired) electrons. The van der Waals surface area contributed by atoms with Gasteiger partial charge in [-0.1, -0.05) is 124 Å². The van der Waals surface area contributed by atoms with Crippen molar-refractivity contribution >= 4 is 11.6 Å². The van der Waals surface area contributed by atoms with Crippen LogP contribution in [0.3, 0.4) is 0 Å². The summed E-state index contributed by atoms with van der Waals surface area (Å²) in [4.78, 5) is 2.68. The van der Waals surface area contributed by atoms with Crippen LogP contribution >= 0.6 is 11.6 Å². The first-order valence-corrected chi connectivity index (χ1v) is 12.9. The zero-order valence-electron chi connectivity index (χ0n) is 22.8. The first-order valence-electron chi connectivity index (χ1n) is 12.4. The Labute approximate surface area is 232 Å². The monoisotopic (exact) mass is 530 g/mol. The molecule has 0 saturated carbocycles. The molecule has 0 fully saturated rings. The number of aryl methyl sites for hydroxylation is 4. The molecular formula is C32H39ClN4O. The van der Waals surface area contributed by atoms with E-state index in [4.69, 9.17) is 28.0 Å². The number of azide groups is 1. The van der Waals surface area contributed by atoms with Crippen LogP contribution in [0.1, 0.15) is 44.5 Å². The van der Waals surface area contributed by atoms with Gasteiger partial charge in [0.15, 0.2) is 0 Å². The van der Waals surface area contributed by atoms with Gasteiger partial charge in [0, 0.05) is 17.3 Å². The van der Waals surface area contributed by atoms with E-state index in [9.17, 15) is 0 Å². The molecule has 0 aliphatic rings. The normalized spacial score (nSPS) is 9.34.